The van der Waals surface area contributed by atoms with Crippen molar-refractivity contribution in [1.82, 2.24) is 9.80 Å². The fraction of sp³-hybridized carbons (Fsp3) is 1.00. The van der Waals surface area contributed by atoms with Gasteiger partial charge in [0.15, 0.2) is 0 Å². The first-order valence-corrected chi connectivity index (χ1v) is 6.65. The zero-order valence-electron chi connectivity index (χ0n) is 10.2. The summed E-state index contributed by atoms with van der Waals surface area (Å²) in [7, 11) is 0. The van der Waals surface area contributed by atoms with Gasteiger partial charge in [0.25, 0.3) is 0 Å². The van der Waals surface area contributed by atoms with Gasteiger partial charge in [-0.15, -0.1) is 0 Å². The van der Waals surface area contributed by atoms with Gasteiger partial charge in [-0.3, -0.25) is 9.80 Å². The maximum Gasteiger partial charge on any atom is 0.0702 e. The third-order valence-electron chi connectivity index (χ3n) is 3.65. The van der Waals surface area contributed by atoms with Gasteiger partial charge in [0.05, 0.1) is 6.10 Å². The van der Waals surface area contributed by atoms with Gasteiger partial charge >= 0.3 is 0 Å². The largest absolute Gasteiger partial charge is 0.377 e. The Morgan fingerprint density at radius 2 is 1.81 bits per heavy atom. The molecule has 2 aliphatic rings. The molecular weight excluding hydrogens is 202 g/mol. The van der Waals surface area contributed by atoms with E-state index < -0.39 is 0 Å². The summed E-state index contributed by atoms with van der Waals surface area (Å²) in [5.74, 6) is 0. The summed E-state index contributed by atoms with van der Waals surface area (Å²) in [6.07, 6.45) is 4.34. The van der Waals surface area contributed by atoms with Crippen LogP contribution in [0.4, 0.5) is 0 Å². The van der Waals surface area contributed by atoms with Crippen molar-refractivity contribution < 1.29 is 4.74 Å². The molecule has 2 fully saturated rings. The third kappa shape index (κ3) is 3.70. The topological polar surface area (TPSA) is 41.7 Å². The highest BCUT2D eigenvalue weighted by atomic mass is 16.5. The van der Waals surface area contributed by atoms with E-state index in [4.69, 9.17) is 10.5 Å². The normalized spacial score (nSPS) is 29.4. The standard InChI is InChI=1S/C12H25N3O/c13-4-5-14-6-8-15(9-7-14)11-12-3-1-2-10-16-12/h12H,1-11,13H2. The average molecular weight is 227 g/mol. The van der Waals surface area contributed by atoms with Crippen molar-refractivity contribution in [2.75, 3.05) is 52.4 Å². The Hall–Kier alpha value is -0.160. The molecule has 1 unspecified atom stereocenters. The Morgan fingerprint density at radius 3 is 2.44 bits per heavy atom. The van der Waals surface area contributed by atoms with E-state index >= 15 is 0 Å². The van der Waals surface area contributed by atoms with E-state index in [9.17, 15) is 0 Å². The number of piperazine rings is 1. The summed E-state index contributed by atoms with van der Waals surface area (Å²) < 4.78 is 5.78. The van der Waals surface area contributed by atoms with Crippen LogP contribution in [0.5, 0.6) is 0 Å². The van der Waals surface area contributed by atoms with Gasteiger partial charge in [-0.05, 0) is 19.3 Å². The van der Waals surface area contributed by atoms with Gasteiger partial charge in [-0.25, -0.2) is 0 Å². The lowest BCUT2D eigenvalue weighted by Crippen LogP contribution is -2.50. The molecule has 0 aromatic heterocycles. The molecule has 0 amide bonds. The molecule has 0 bridgehead atoms. The minimum atomic E-state index is 0.495. The molecule has 1 atom stereocenters. The van der Waals surface area contributed by atoms with Crippen LogP contribution in [0.1, 0.15) is 19.3 Å². The van der Waals surface area contributed by atoms with Crippen LogP contribution >= 0.6 is 0 Å². The number of ether oxygens (including phenoxy) is 1. The Morgan fingerprint density at radius 1 is 1.06 bits per heavy atom. The molecule has 2 rings (SSSR count). The summed E-state index contributed by atoms with van der Waals surface area (Å²) in [5, 5.41) is 0. The van der Waals surface area contributed by atoms with Crippen molar-refractivity contribution in [3.63, 3.8) is 0 Å². The molecule has 2 saturated heterocycles. The van der Waals surface area contributed by atoms with Gasteiger partial charge < -0.3 is 10.5 Å². The lowest BCUT2D eigenvalue weighted by atomic mass is 10.1. The van der Waals surface area contributed by atoms with Crippen molar-refractivity contribution in [2.24, 2.45) is 5.73 Å². The Kier molecular flexibility index (Phi) is 5.03. The second kappa shape index (κ2) is 6.55. The van der Waals surface area contributed by atoms with E-state index in [2.05, 4.69) is 9.80 Å². The van der Waals surface area contributed by atoms with Crippen LogP contribution in [0.2, 0.25) is 0 Å². The van der Waals surface area contributed by atoms with E-state index in [0.29, 0.717) is 6.10 Å². The molecule has 0 aromatic rings. The van der Waals surface area contributed by atoms with Crippen molar-refractivity contribution >= 4 is 0 Å². The number of rotatable bonds is 4. The minimum absolute atomic E-state index is 0.495. The molecule has 16 heavy (non-hydrogen) atoms. The van der Waals surface area contributed by atoms with Crippen molar-refractivity contribution in [3.8, 4) is 0 Å². The highest BCUT2D eigenvalue weighted by Crippen LogP contribution is 2.14. The van der Waals surface area contributed by atoms with E-state index in [1.165, 1.54) is 45.4 Å². The number of hydrogen-bond donors (Lipinski definition) is 1. The summed E-state index contributed by atoms with van der Waals surface area (Å²) in [6, 6.07) is 0. The molecule has 2 heterocycles. The van der Waals surface area contributed by atoms with E-state index in [1.807, 2.05) is 0 Å². The maximum absolute atomic E-state index is 5.78. The number of hydrogen-bond acceptors (Lipinski definition) is 4. The van der Waals surface area contributed by atoms with Gasteiger partial charge in [0.1, 0.15) is 0 Å². The minimum Gasteiger partial charge on any atom is -0.377 e. The Labute approximate surface area is 98.7 Å². The lowest BCUT2D eigenvalue weighted by molar-refractivity contribution is -0.0138. The molecular formula is C12H25N3O. The first-order valence-electron chi connectivity index (χ1n) is 6.65. The van der Waals surface area contributed by atoms with Crippen LogP contribution in [-0.4, -0.2) is 68.3 Å². The summed E-state index contributed by atoms with van der Waals surface area (Å²) in [6.45, 7) is 8.64. The number of nitrogens with two attached hydrogens (primary N) is 1. The fourth-order valence-electron chi connectivity index (χ4n) is 2.62. The zero-order valence-corrected chi connectivity index (χ0v) is 10.2. The monoisotopic (exact) mass is 227 g/mol. The molecule has 0 aliphatic carbocycles. The van der Waals surface area contributed by atoms with Crippen LogP contribution in [0.25, 0.3) is 0 Å². The highest BCUT2D eigenvalue weighted by Gasteiger charge is 2.21. The highest BCUT2D eigenvalue weighted by molar-refractivity contribution is 4.76. The lowest BCUT2D eigenvalue weighted by Gasteiger charge is -2.36. The van der Waals surface area contributed by atoms with Gasteiger partial charge in [-0.1, -0.05) is 0 Å². The zero-order chi connectivity index (χ0) is 11.2. The van der Waals surface area contributed by atoms with Gasteiger partial charge in [-0.2, -0.15) is 0 Å². The molecule has 0 aromatic carbocycles. The predicted molar refractivity (Wildman–Crippen MR) is 65.5 cm³/mol. The van der Waals surface area contributed by atoms with Gasteiger partial charge in [0.2, 0.25) is 0 Å². The van der Waals surface area contributed by atoms with E-state index in [0.717, 1.165) is 26.2 Å². The molecule has 94 valence electrons. The first-order chi connectivity index (χ1) is 7.88. The van der Waals surface area contributed by atoms with Gasteiger partial charge in [0, 0.05) is 52.4 Å². The first kappa shape index (κ1) is 12.3. The quantitative estimate of drug-likeness (QED) is 0.741. The Balaban J connectivity index is 1.64. The predicted octanol–water partition coefficient (Wildman–Crippen LogP) is 0.132. The molecule has 2 N–H and O–H groups in total. The smallest absolute Gasteiger partial charge is 0.0702 e. The number of nitrogens with zero attached hydrogens (tertiary/aromatic N) is 2. The van der Waals surface area contributed by atoms with Crippen LogP contribution < -0.4 is 5.73 Å². The average Bonchev–Trinajstić information content (AvgIpc) is 2.33. The molecule has 2 aliphatic heterocycles. The van der Waals surface area contributed by atoms with Crippen LogP contribution in [0.3, 0.4) is 0 Å². The fourth-order valence-corrected chi connectivity index (χ4v) is 2.62. The van der Waals surface area contributed by atoms with Crippen molar-refractivity contribution in [3.05, 3.63) is 0 Å². The molecule has 0 spiro atoms. The molecule has 0 radical (unpaired) electrons. The summed E-state index contributed by atoms with van der Waals surface area (Å²) in [4.78, 5) is 5.00. The van der Waals surface area contributed by atoms with Crippen LogP contribution in [0.15, 0.2) is 0 Å². The molecule has 0 saturated carbocycles. The maximum atomic E-state index is 5.78. The third-order valence-corrected chi connectivity index (χ3v) is 3.65. The van der Waals surface area contributed by atoms with E-state index in [-0.39, 0.29) is 0 Å². The SMILES string of the molecule is NCCN1CCN(CC2CCCCO2)CC1. The Bertz CT molecular complexity index is 187. The van der Waals surface area contributed by atoms with Crippen molar-refractivity contribution in [2.45, 2.75) is 25.4 Å². The van der Waals surface area contributed by atoms with Crippen LogP contribution in [-0.2, 0) is 4.74 Å². The van der Waals surface area contributed by atoms with Crippen LogP contribution in [0, 0.1) is 0 Å². The summed E-state index contributed by atoms with van der Waals surface area (Å²) in [5.41, 5.74) is 5.57. The summed E-state index contributed by atoms with van der Waals surface area (Å²) >= 11 is 0. The van der Waals surface area contributed by atoms with Crippen molar-refractivity contribution in [1.29, 1.82) is 0 Å². The molecule has 4 heteroatoms. The second-order valence-electron chi connectivity index (χ2n) is 4.92. The molecule has 4 nitrogen and oxygen atoms in total. The van der Waals surface area contributed by atoms with E-state index in [1.54, 1.807) is 0 Å². The second-order valence-corrected chi connectivity index (χ2v) is 4.92.